The second-order valence-electron chi connectivity index (χ2n) is 6.89. The lowest BCUT2D eigenvalue weighted by Crippen LogP contribution is -2.33. The van der Waals surface area contributed by atoms with Crippen molar-refractivity contribution >= 4 is 17.3 Å². The number of carbonyl (C=O) groups is 2. The highest BCUT2D eigenvalue weighted by Crippen LogP contribution is 2.31. The van der Waals surface area contributed by atoms with Crippen molar-refractivity contribution < 1.29 is 19.2 Å². The highest BCUT2D eigenvalue weighted by Gasteiger charge is 2.37. The molecule has 0 saturated heterocycles. The zero-order valence-corrected chi connectivity index (χ0v) is 15.1. The molecule has 0 aliphatic carbocycles. The van der Waals surface area contributed by atoms with Crippen LogP contribution in [-0.2, 0) is 4.79 Å². The molecule has 138 valence electrons. The van der Waals surface area contributed by atoms with Crippen LogP contribution in [0.3, 0.4) is 0 Å². The number of rotatable bonds is 6. The third-order valence-electron chi connectivity index (χ3n) is 3.80. The first-order valence-corrected chi connectivity index (χ1v) is 8.14. The number of para-hydroxylation sites is 1. The average molecular weight is 366 g/mol. The van der Waals surface area contributed by atoms with E-state index in [1.54, 1.807) is 57.2 Å². The van der Waals surface area contributed by atoms with Crippen LogP contribution in [-0.4, -0.2) is 16.5 Å². The maximum Gasteiger partial charge on any atom is 0.283 e. The van der Waals surface area contributed by atoms with E-state index in [1.807, 2.05) is 0 Å². The van der Waals surface area contributed by atoms with Crippen LogP contribution in [0.25, 0.3) is 0 Å². The van der Waals surface area contributed by atoms with Crippen LogP contribution in [0.4, 0.5) is 5.69 Å². The molecule has 1 atom stereocenters. The van der Waals surface area contributed by atoms with Gasteiger partial charge < -0.3 is 4.74 Å². The average Bonchev–Trinajstić information content (AvgIpc) is 2.62. The summed E-state index contributed by atoms with van der Waals surface area (Å²) >= 11 is 0. The summed E-state index contributed by atoms with van der Waals surface area (Å²) in [5.41, 5.74) is -1.75. The van der Waals surface area contributed by atoms with Crippen LogP contribution in [0.5, 0.6) is 11.5 Å². The summed E-state index contributed by atoms with van der Waals surface area (Å²) < 4.78 is 5.54. The van der Waals surface area contributed by atoms with Crippen LogP contribution >= 0.6 is 0 Å². The maximum atomic E-state index is 12.7. The molecule has 2 rings (SSSR count). The lowest BCUT2D eigenvalue weighted by Gasteiger charge is -2.19. The summed E-state index contributed by atoms with van der Waals surface area (Å²) in [6, 6.07) is 14.0. The second-order valence-corrected chi connectivity index (χ2v) is 6.89. The molecule has 0 radical (unpaired) electrons. The minimum Gasteiger partial charge on any atom is -0.457 e. The van der Waals surface area contributed by atoms with E-state index in [-0.39, 0.29) is 11.3 Å². The van der Waals surface area contributed by atoms with E-state index in [2.05, 4.69) is 0 Å². The van der Waals surface area contributed by atoms with E-state index < -0.39 is 33.5 Å². The summed E-state index contributed by atoms with van der Waals surface area (Å²) in [5, 5.41) is 20.7. The normalized spacial score (nSPS) is 11.9. The second kappa shape index (κ2) is 7.79. The predicted octanol–water partition coefficient (Wildman–Crippen LogP) is 4.32. The van der Waals surface area contributed by atoms with Crippen molar-refractivity contribution in [3.8, 4) is 17.6 Å². The maximum absolute atomic E-state index is 12.7. The van der Waals surface area contributed by atoms with Crippen molar-refractivity contribution in [2.75, 3.05) is 0 Å². The molecule has 0 fully saturated rings. The van der Waals surface area contributed by atoms with E-state index in [1.165, 1.54) is 12.1 Å². The van der Waals surface area contributed by atoms with Crippen molar-refractivity contribution in [3.05, 3.63) is 64.2 Å². The van der Waals surface area contributed by atoms with Crippen molar-refractivity contribution in [3.63, 3.8) is 0 Å². The monoisotopic (exact) mass is 366 g/mol. The van der Waals surface area contributed by atoms with E-state index in [0.717, 1.165) is 6.07 Å². The fraction of sp³-hybridized carbons (Fsp3) is 0.250. The quantitative estimate of drug-likeness (QED) is 0.326. The summed E-state index contributed by atoms with van der Waals surface area (Å²) in [5.74, 6) is -2.45. The van der Waals surface area contributed by atoms with Crippen molar-refractivity contribution in [2.45, 2.75) is 20.8 Å². The van der Waals surface area contributed by atoms with Crippen LogP contribution in [0.2, 0.25) is 0 Å². The Bertz CT molecular complexity index is 924. The number of nitrogens with zero attached hydrogens (tertiary/aromatic N) is 2. The predicted molar refractivity (Wildman–Crippen MR) is 97.5 cm³/mol. The number of nitro benzene ring substituents is 1. The number of hydrogen-bond acceptors (Lipinski definition) is 6. The topological polar surface area (TPSA) is 110 Å². The number of ketones is 2. The lowest BCUT2D eigenvalue weighted by atomic mass is 9.80. The Kier molecular flexibility index (Phi) is 5.71. The highest BCUT2D eigenvalue weighted by atomic mass is 16.6. The first-order chi connectivity index (χ1) is 12.6. The summed E-state index contributed by atoms with van der Waals surface area (Å²) in [4.78, 5) is 35.7. The van der Waals surface area contributed by atoms with Gasteiger partial charge in [-0.15, -0.1) is 0 Å². The van der Waals surface area contributed by atoms with Crippen molar-refractivity contribution in [1.82, 2.24) is 0 Å². The molecule has 0 saturated carbocycles. The molecular formula is C20H18N2O5. The number of hydrogen-bond donors (Lipinski definition) is 0. The molecule has 2 aromatic carbocycles. The summed E-state index contributed by atoms with van der Waals surface area (Å²) in [7, 11) is 0. The van der Waals surface area contributed by atoms with Crippen LogP contribution in [0, 0.1) is 32.8 Å². The zero-order valence-electron chi connectivity index (χ0n) is 15.1. The molecule has 0 aliphatic heterocycles. The summed E-state index contributed by atoms with van der Waals surface area (Å²) in [6.07, 6.45) is 0. The number of nitriles is 1. The van der Waals surface area contributed by atoms with Gasteiger partial charge in [0.1, 0.15) is 11.5 Å². The van der Waals surface area contributed by atoms with Crippen molar-refractivity contribution in [1.29, 1.82) is 5.26 Å². The van der Waals surface area contributed by atoms with E-state index in [9.17, 15) is 25.0 Å². The third kappa shape index (κ3) is 4.55. The summed E-state index contributed by atoms with van der Waals surface area (Å²) in [6.45, 7) is 4.74. The van der Waals surface area contributed by atoms with Crippen LogP contribution in [0.15, 0.2) is 48.5 Å². The first-order valence-electron chi connectivity index (χ1n) is 8.14. The molecule has 0 aliphatic rings. The van der Waals surface area contributed by atoms with Gasteiger partial charge >= 0.3 is 0 Å². The molecule has 7 heteroatoms. The van der Waals surface area contributed by atoms with Gasteiger partial charge in [-0.2, -0.15) is 5.26 Å². The first kappa shape index (κ1) is 19.8. The number of Topliss-reactive ketones (excluding diaryl/α,β-unsaturated/α-hetero) is 2. The largest absolute Gasteiger partial charge is 0.457 e. The van der Waals surface area contributed by atoms with Gasteiger partial charge in [-0.05, 0) is 24.3 Å². The smallest absolute Gasteiger partial charge is 0.283 e. The lowest BCUT2D eigenvalue weighted by molar-refractivity contribution is -0.385. The van der Waals surface area contributed by atoms with Crippen LogP contribution < -0.4 is 4.74 Å². The fourth-order valence-electron chi connectivity index (χ4n) is 2.38. The molecule has 0 aromatic heterocycles. The molecule has 7 nitrogen and oxygen atoms in total. The van der Waals surface area contributed by atoms with Gasteiger partial charge in [0.2, 0.25) is 0 Å². The molecule has 0 bridgehead atoms. The number of nitro groups is 1. The Morgan fingerprint density at radius 1 is 1.11 bits per heavy atom. The van der Waals surface area contributed by atoms with E-state index >= 15 is 0 Å². The Balaban J connectivity index is 2.41. The van der Waals surface area contributed by atoms with Gasteiger partial charge in [-0.1, -0.05) is 39.0 Å². The Morgan fingerprint density at radius 3 is 2.26 bits per heavy atom. The number of benzene rings is 2. The fourth-order valence-corrected chi connectivity index (χ4v) is 2.38. The Morgan fingerprint density at radius 2 is 1.74 bits per heavy atom. The SMILES string of the molecule is CC(C)(C)C(=O)C(C#N)C(=O)c1ccc(Oc2ccccc2)cc1[N+](=O)[O-]. The minimum atomic E-state index is -1.61. The van der Waals surface area contributed by atoms with Crippen LogP contribution in [0.1, 0.15) is 31.1 Å². The molecule has 1 unspecified atom stereocenters. The molecule has 0 heterocycles. The standard InChI is InChI=1S/C20H18N2O5/c1-20(2,3)19(24)16(12-21)18(23)15-10-9-14(11-17(15)22(25)26)27-13-7-5-4-6-8-13/h4-11,16H,1-3H3. The molecule has 0 spiro atoms. The highest BCUT2D eigenvalue weighted by molar-refractivity contribution is 6.15. The number of carbonyl (C=O) groups excluding carboxylic acids is 2. The van der Waals surface area contributed by atoms with Gasteiger partial charge in [-0.3, -0.25) is 19.7 Å². The number of ether oxygens (including phenoxy) is 1. The third-order valence-corrected chi connectivity index (χ3v) is 3.80. The Hall–Kier alpha value is -3.53. The molecule has 27 heavy (non-hydrogen) atoms. The van der Waals surface area contributed by atoms with E-state index in [0.29, 0.717) is 5.75 Å². The minimum absolute atomic E-state index is 0.167. The van der Waals surface area contributed by atoms with Gasteiger partial charge in [0.05, 0.1) is 22.6 Å². The van der Waals surface area contributed by atoms with Gasteiger partial charge in [0.15, 0.2) is 17.5 Å². The molecule has 0 N–H and O–H groups in total. The molecule has 0 amide bonds. The molecular weight excluding hydrogens is 348 g/mol. The van der Waals surface area contributed by atoms with E-state index in [4.69, 9.17) is 4.74 Å². The van der Waals surface area contributed by atoms with Crippen molar-refractivity contribution in [2.24, 2.45) is 11.3 Å². The van der Waals surface area contributed by atoms with Gasteiger partial charge in [0, 0.05) is 5.41 Å². The Labute approximate surface area is 156 Å². The van der Waals surface area contributed by atoms with Gasteiger partial charge in [-0.25, -0.2) is 0 Å². The van der Waals surface area contributed by atoms with Gasteiger partial charge in [0.25, 0.3) is 5.69 Å². The zero-order chi connectivity index (χ0) is 20.2. The molecule has 2 aromatic rings.